The standard InChI is InChI=1S/C15H20BrN3/c16-11-8-9-14-13(10-11)18-15(17)19(14)12-6-4-2-1-3-5-7-12/h8-10,12H,1-7H2,(H2,17,18). The summed E-state index contributed by atoms with van der Waals surface area (Å²) >= 11 is 3.50. The lowest BCUT2D eigenvalue weighted by Gasteiger charge is -2.22. The molecule has 2 N–H and O–H groups in total. The van der Waals surface area contributed by atoms with Crippen molar-refractivity contribution in [3.05, 3.63) is 22.7 Å². The second-order valence-electron chi connectivity index (χ2n) is 5.47. The van der Waals surface area contributed by atoms with Crippen LogP contribution in [0.25, 0.3) is 11.0 Å². The molecule has 2 aromatic rings. The van der Waals surface area contributed by atoms with Crippen LogP contribution in [0.5, 0.6) is 0 Å². The second-order valence-corrected chi connectivity index (χ2v) is 6.39. The molecule has 0 bridgehead atoms. The van der Waals surface area contributed by atoms with Gasteiger partial charge in [-0.3, -0.25) is 0 Å². The third kappa shape index (κ3) is 2.64. The molecule has 0 radical (unpaired) electrons. The number of nitrogens with two attached hydrogens (primary N) is 1. The van der Waals surface area contributed by atoms with Crippen LogP contribution in [0.4, 0.5) is 5.95 Å². The normalized spacial score (nSPS) is 18.4. The molecule has 3 nitrogen and oxygen atoms in total. The minimum absolute atomic E-state index is 0.520. The van der Waals surface area contributed by atoms with Crippen molar-refractivity contribution in [1.82, 2.24) is 9.55 Å². The van der Waals surface area contributed by atoms with Crippen molar-refractivity contribution in [3.8, 4) is 0 Å². The average molecular weight is 322 g/mol. The summed E-state index contributed by atoms with van der Waals surface area (Å²) in [5.41, 5.74) is 8.33. The largest absolute Gasteiger partial charge is 0.369 e. The number of hydrogen-bond donors (Lipinski definition) is 1. The number of halogens is 1. The van der Waals surface area contributed by atoms with Crippen molar-refractivity contribution in [2.45, 2.75) is 51.0 Å². The number of nitrogen functional groups attached to an aromatic ring is 1. The number of hydrogen-bond acceptors (Lipinski definition) is 2. The molecule has 0 aliphatic heterocycles. The van der Waals surface area contributed by atoms with Gasteiger partial charge in [-0.2, -0.15) is 0 Å². The van der Waals surface area contributed by atoms with Gasteiger partial charge in [-0.15, -0.1) is 0 Å². The first kappa shape index (κ1) is 13.0. The predicted molar refractivity (Wildman–Crippen MR) is 83.2 cm³/mol. The summed E-state index contributed by atoms with van der Waals surface area (Å²) in [7, 11) is 0. The lowest BCUT2D eigenvalue weighted by molar-refractivity contribution is 0.381. The summed E-state index contributed by atoms with van der Waals surface area (Å²) in [6.07, 6.45) is 9.17. The van der Waals surface area contributed by atoms with Gasteiger partial charge in [0.2, 0.25) is 5.95 Å². The number of benzene rings is 1. The molecule has 1 saturated carbocycles. The van der Waals surface area contributed by atoms with Gasteiger partial charge in [0.1, 0.15) is 0 Å². The van der Waals surface area contributed by atoms with Crippen LogP contribution in [-0.4, -0.2) is 9.55 Å². The minimum atomic E-state index is 0.520. The maximum absolute atomic E-state index is 6.16. The van der Waals surface area contributed by atoms with Gasteiger partial charge in [0, 0.05) is 10.5 Å². The fourth-order valence-electron chi connectivity index (χ4n) is 3.17. The van der Waals surface area contributed by atoms with E-state index in [0.717, 1.165) is 9.99 Å². The summed E-state index contributed by atoms with van der Waals surface area (Å²) < 4.78 is 3.31. The second kappa shape index (κ2) is 5.53. The molecule has 1 heterocycles. The highest BCUT2D eigenvalue weighted by Gasteiger charge is 2.18. The zero-order valence-corrected chi connectivity index (χ0v) is 12.7. The highest BCUT2D eigenvalue weighted by Crippen LogP contribution is 2.32. The Labute approximate surface area is 122 Å². The average Bonchev–Trinajstić information content (AvgIpc) is 2.64. The summed E-state index contributed by atoms with van der Waals surface area (Å²) in [6, 6.07) is 6.77. The number of rotatable bonds is 1. The SMILES string of the molecule is Nc1nc2cc(Br)ccc2n1C1CCCCCCC1. The highest BCUT2D eigenvalue weighted by atomic mass is 79.9. The molecule has 3 rings (SSSR count). The first-order valence-corrected chi connectivity index (χ1v) is 7.98. The number of fused-ring (bicyclic) bond motifs is 1. The van der Waals surface area contributed by atoms with E-state index in [0.29, 0.717) is 12.0 Å². The van der Waals surface area contributed by atoms with Crippen LogP contribution in [-0.2, 0) is 0 Å². The van der Waals surface area contributed by atoms with E-state index in [4.69, 9.17) is 5.73 Å². The van der Waals surface area contributed by atoms with Crippen LogP contribution < -0.4 is 5.73 Å². The number of imidazole rings is 1. The quantitative estimate of drug-likeness (QED) is 0.829. The van der Waals surface area contributed by atoms with E-state index in [1.807, 2.05) is 6.07 Å². The van der Waals surface area contributed by atoms with E-state index in [1.54, 1.807) is 0 Å². The van der Waals surface area contributed by atoms with Crippen molar-refractivity contribution in [2.75, 3.05) is 5.73 Å². The molecule has 0 spiro atoms. The van der Waals surface area contributed by atoms with Crippen LogP contribution in [0.15, 0.2) is 22.7 Å². The zero-order valence-electron chi connectivity index (χ0n) is 11.1. The van der Waals surface area contributed by atoms with Crippen LogP contribution in [0.2, 0.25) is 0 Å². The Bertz CT molecular complexity index is 568. The number of anilines is 1. The summed E-state index contributed by atoms with van der Waals surface area (Å²) in [6.45, 7) is 0. The Kier molecular flexibility index (Phi) is 3.78. The number of aromatic nitrogens is 2. The maximum atomic E-state index is 6.16. The molecule has 1 aromatic heterocycles. The van der Waals surface area contributed by atoms with Crippen LogP contribution in [0.3, 0.4) is 0 Å². The predicted octanol–water partition coefficient (Wildman–Crippen LogP) is 4.67. The molecular weight excluding hydrogens is 302 g/mol. The molecule has 0 atom stereocenters. The van der Waals surface area contributed by atoms with Crippen molar-refractivity contribution in [2.24, 2.45) is 0 Å². The van der Waals surface area contributed by atoms with Gasteiger partial charge in [-0.05, 0) is 31.0 Å². The monoisotopic (exact) mass is 321 g/mol. The van der Waals surface area contributed by atoms with Crippen molar-refractivity contribution in [1.29, 1.82) is 0 Å². The van der Waals surface area contributed by atoms with E-state index in [1.165, 1.54) is 50.5 Å². The molecule has 0 unspecified atom stereocenters. The third-order valence-electron chi connectivity index (χ3n) is 4.12. The first-order chi connectivity index (χ1) is 9.25. The third-order valence-corrected chi connectivity index (χ3v) is 4.61. The van der Waals surface area contributed by atoms with E-state index in [9.17, 15) is 0 Å². The van der Waals surface area contributed by atoms with E-state index >= 15 is 0 Å². The molecule has 4 heteroatoms. The topological polar surface area (TPSA) is 43.8 Å². The molecule has 0 amide bonds. The van der Waals surface area contributed by atoms with Gasteiger partial charge >= 0.3 is 0 Å². The van der Waals surface area contributed by atoms with Gasteiger partial charge in [0.15, 0.2) is 0 Å². The highest BCUT2D eigenvalue weighted by molar-refractivity contribution is 9.10. The zero-order chi connectivity index (χ0) is 13.2. The molecule has 1 aliphatic rings. The Balaban J connectivity index is 2.00. The van der Waals surface area contributed by atoms with E-state index in [-0.39, 0.29) is 0 Å². The van der Waals surface area contributed by atoms with Crippen molar-refractivity contribution >= 4 is 32.9 Å². The van der Waals surface area contributed by atoms with Gasteiger partial charge in [0.25, 0.3) is 0 Å². The summed E-state index contributed by atoms with van der Waals surface area (Å²) in [5, 5.41) is 0. The van der Waals surface area contributed by atoms with Crippen LogP contribution >= 0.6 is 15.9 Å². The summed E-state index contributed by atoms with van der Waals surface area (Å²) in [4.78, 5) is 4.51. The maximum Gasteiger partial charge on any atom is 0.201 e. The lowest BCUT2D eigenvalue weighted by Crippen LogP contribution is -2.13. The van der Waals surface area contributed by atoms with Gasteiger partial charge < -0.3 is 10.3 Å². The number of nitrogens with zero attached hydrogens (tertiary/aromatic N) is 2. The molecule has 102 valence electrons. The van der Waals surface area contributed by atoms with Crippen molar-refractivity contribution < 1.29 is 0 Å². The fraction of sp³-hybridized carbons (Fsp3) is 0.533. The Hall–Kier alpha value is -1.03. The van der Waals surface area contributed by atoms with E-state index < -0.39 is 0 Å². The van der Waals surface area contributed by atoms with Crippen LogP contribution in [0, 0.1) is 0 Å². The molecule has 19 heavy (non-hydrogen) atoms. The Morgan fingerprint density at radius 1 is 1.11 bits per heavy atom. The first-order valence-electron chi connectivity index (χ1n) is 7.18. The van der Waals surface area contributed by atoms with Gasteiger partial charge in [0.05, 0.1) is 11.0 Å². The molecule has 1 aliphatic carbocycles. The van der Waals surface area contributed by atoms with Crippen LogP contribution in [0.1, 0.15) is 51.0 Å². The fourth-order valence-corrected chi connectivity index (χ4v) is 3.52. The molecule has 1 aromatic carbocycles. The molecular formula is C15H20BrN3. The molecule has 1 fully saturated rings. The summed E-state index contributed by atoms with van der Waals surface area (Å²) in [5.74, 6) is 0.665. The molecule has 0 saturated heterocycles. The minimum Gasteiger partial charge on any atom is -0.369 e. The van der Waals surface area contributed by atoms with E-state index in [2.05, 4.69) is 37.6 Å². The smallest absolute Gasteiger partial charge is 0.201 e. The van der Waals surface area contributed by atoms with Gasteiger partial charge in [-0.1, -0.05) is 48.0 Å². The Morgan fingerprint density at radius 3 is 2.53 bits per heavy atom. The Morgan fingerprint density at radius 2 is 1.79 bits per heavy atom. The lowest BCUT2D eigenvalue weighted by atomic mass is 9.96. The van der Waals surface area contributed by atoms with Gasteiger partial charge in [-0.25, -0.2) is 4.98 Å². The van der Waals surface area contributed by atoms with Crippen molar-refractivity contribution in [3.63, 3.8) is 0 Å².